The molecule has 0 spiro atoms. The molecule has 192 valence electrons. The molecule has 0 aliphatic carbocycles. The smallest absolute Gasteiger partial charge is 0.320 e. The van der Waals surface area contributed by atoms with E-state index in [4.69, 9.17) is 4.84 Å². The Hall–Kier alpha value is -3.15. The highest BCUT2D eigenvalue weighted by Gasteiger charge is 2.22. The molecular weight excluding hydrogens is 500 g/mol. The number of carbonyl (C=O) groups excluding carboxylic acids is 2. The first-order valence-corrected chi connectivity index (χ1v) is 13.5. The van der Waals surface area contributed by atoms with Gasteiger partial charge in [-0.05, 0) is 37.0 Å². The number of hydrogen-bond acceptors (Lipinski definition) is 6. The van der Waals surface area contributed by atoms with Gasteiger partial charge >= 0.3 is 6.03 Å². The molecule has 0 fully saturated rings. The van der Waals surface area contributed by atoms with Crippen molar-refractivity contribution in [1.29, 1.82) is 0 Å². The van der Waals surface area contributed by atoms with Crippen molar-refractivity contribution in [3.8, 4) is 11.1 Å². The second kappa shape index (κ2) is 12.2. The monoisotopic (exact) mass is 530 g/mol. The standard InChI is InChI=1S/C25H30N4O5S2/c1-4-8-22-26-17(3)23(24(30)35)29(22)16-18-11-13-19(14-12-18)20-9-6-7-10-21(20)36(32,33)28-25(31)27-34-15-5-2/h6-7,9-14H,4-5,8,15-16H2,1-3H3,(H,30,35)(H2,27,28,31). The number of thiol groups is 1. The molecule has 0 unspecified atom stereocenters. The number of aromatic nitrogens is 2. The molecule has 1 heterocycles. The summed E-state index contributed by atoms with van der Waals surface area (Å²) in [6.45, 7) is 6.39. The Kier molecular flexibility index (Phi) is 9.30. The van der Waals surface area contributed by atoms with Crippen molar-refractivity contribution in [2.75, 3.05) is 6.61 Å². The Morgan fingerprint density at radius 3 is 2.39 bits per heavy atom. The van der Waals surface area contributed by atoms with Crippen molar-refractivity contribution in [3.05, 3.63) is 71.3 Å². The number of nitrogens with one attached hydrogen (secondary N) is 2. The molecule has 9 nitrogen and oxygen atoms in total. The molecule has 36 heavy (non-hydrogen) atoms. The van der Waals surface area contributed by atoms with Gasteiger partial charge in [0.15, 0.2) is 0 Å². The van der Waals surface area contributed by atoms with Crippen LogP contribution in [0.1, 0.15) is 54.3 Å². The summed E-state index contributed by atoms with van der Waals surface area (Å²) in [7, 11) is -4.16. The number of urea groups is 1. The second-order valence-electron chi connectivity index (χ2n) is 8.18. The van der Waals surface area contributed by atoms with Gasteiger partial charge in [-0.25, -0.2) is 28.4 Å². The Labute approximate surface area is 216 Å². The van der Waals surface area contributed by atoms with Crippen LogP contribution in [0, 0.1) is 6.92 Å². The number of sulfonamides is 1. The predicted octanol–water partition coefficient (Wildman–Crippen LogP) is 4.26. The molecule has 3 rings (SSSR count). The van der Waals surface area contributed by atoms with Crippen molar-refractivity contribution in [2.24, 2.45) is 0 Å². The lowest BCUT2D eigenvalue weighted by Gasteiger charge is -2.14. The summed E-state index contributed by atoms with van der Waals surface area (Å²) in [4.78, 5) is 33.5. The first kappa shape index (κ1) is 27.4. The van der Waals surface area contributed by atoms with Crippen molar-refractivity contribution in [2.45, 2.75) is 51.5 Å². The highest BCUT2D eigenvalue weighted by atomic mass is 32.2. The van der Waals surface area contributed by atoms with E-state index in [0.29, 0.717) is 35.5 Å². The van der Waals surface area contributed by atoms with Gasteiger partial charge < -0.3 is 4.57 Å². The zero-order valence-electron chi connectivity index (χ0n) is 20.4. The Balaban J connectivity index is 1.87. The van der Waals surface area contributed by atoms with Gasteiger partial charge in [0.2, 0.25) is 5.12 Å². The molecule has 0 radical (unpaired) electrons. The molecule has 11 heteroatoms. The van der Waals surface area contributed by atoms with Crippen LogP contribution in [0.3, 0.4) is 0 Å². The molecule has 0 aliphatic heterocycles. The number of aryl methyl sites for hydroxylation is 2. The maximum atomic E-state index is 12.9. The summed E-state index contributed by atoms with van der Waals surface area (Å²) in [6, 6.07) is 12.8. The van der Waals surface area contributed by atoms with E-state index in [1.165, 1.54) is 6.07 Å². The zero-order valence-corrected chi connectivity index (χ0v) is 22.2. The first-order chi connectivity index (χ1) is 17.2. The molecule has 2 amide bonds. The van der Waals surface area contributed by atoms with Gasteiger partial charge in [0.05, 0.1) is 17.2 Å². The van der Waals surface area contributed by atoms with E-state index in [1.807, 2.05) is 35.3 Å². The van der Waals surface area contributed by atoms with Crippen LogP contribution in [-0.4, -0.2) is 35.7 Å². The van der Waals surface area contributed by atoms with Crippen molar-refractivity contribution < 1.29 is 22.8 Å². The second-order valence-corrected chi connectivity index (χ2v) is 10.2. The van der Waals surface area contributed by atoms with E-state index in [0.717, 1.165) is 24.2 Å². The third kappa shape index (κ3) is 6.54. The van der Waals surface area contributed by atoms with Gasteiger partial charge in [0, 0.05) is 18.5 Å². The number of nitrogens with zero attached hydrogens (tertiary/aromatic N) is 2. The maximum absolute atomic E-state index is 12.9. The van der Waals surface area contributed by atoms with Gasteiger partial charge in [-0.3, -0.25) is 9.63 Å². The fourth-order valence-electron chi connectivity index (χ4n) is 3.81. The van der Waals surface area contributed by atoms with Crippen LogP contribution in [0.25, 0.3) is 11.1 Å². The summed E-state index contributed by atoms with van der Waals surface area (Å²) < 4.78 is 29.7. The number of amides is 2. The van der Waals surface area contributed by atoms with E-state index < -0.39 is 16.1 Å². The third-order valence-electron chi connectivity index (χ3n) is 5.38. The van der Waals surface area contributed by atoms with E-state index in [9.17, 15) is 18.0 Å². The Morgan fingerprint density at radius 2 is 1.75 bits per heavy atom. The minimum absolute atomic E-state index is 0.0400. The van der Waals surface area contributed by atoms with E-state index >= 15 is 0 Å². The molecule has 1 aromatic heterocycles. The first-order valence-electron chi connectivity index (χ1n) is 11.6. The van der Waals surface area contributed by atoms with Gasteiger partial charge in [-0.1, -0.05) is 68.9 Å². The average molecular weight is 531 g/mol. The SMILES string of the molecule is CCCONC(=O)NS(=O)(=O)c1ccccc1-c1ccc(Cn2c(CCC)nc(C)c2C(=O)S)cc1. The van der Waals surface area contributed by atoms with Gasteiger partial charge in [0.1, 0.15) is 11.5 Å². The normalized spacial score (nSPS) is 11.3. The van der Waals surface area contributed by atoms with Crippen molar-refractivity contribution >= 4 is 33.8 Å². The van der Waals surface area contributed by atoms with E-state index in [-0.39, 0.29) is 16.6 Å². The van der Waals surface area contributed by atoms with Crippen LogP contribution in [-0.2, 0) is 27.8 Å². The maximum Gasteiger partial charge on any atom is 0.352 e. The van der Waals surface area contributed by atoms with Crippen LogP contribution < -0.4 is 10.2 Å². The number of imidazole rings is 1. The van der Waals surface area contributed by atoms with Gasteiger partial charge in [-0.15, -0.1) is 0 Å². The largest absolute Gasteiger partial charge is 0.352 e. The molecule has 0 aliphatic rings. The summed E-state index contributed by atoms with van der Waals surface area (Å²) in [5.74, 6) is 0.820. The minimum Gasteiger partial charge on any atom is -0.320 e. The number of hydrogen-bond donors (Lipinski definition) is 3. The Bertz CT molecular complexity index is 1330. The van der Waals surface area contributed by atoms with Crippen LogP contribution in [0.2, 0.25) is 0 Å². The molecule has 0 atom stereocenters. The molecular formula is C25H30N4O5S2. The summed E-state index contributed by atoms with van der Waals surface area (Å²) in [5.41, 5.74) is 5.18. The van der Waals surface area contributed by atoms with E-state index in [2.05, 4.69) is 23.1 Å². The number of hydroxylamine groups is 1. The highest BCUT2D eigenvalue weighted by Crippen LogP contribution is 2.28. The Morgan fingerprint density at radius 1 is 1.06 bits per heavy atom. The van der Waals surface area contributed by atoms with Crippen molar-refractivity contribution in [1.82, 2.24) is 19.8 Å². The topological polar surface area (TPSA) is 119 Å². The fourth-order valence-corrected chi connectivity index (χ4v) is 5.23. The lowest BCUT2D eigenvalue weighted by atomic mass is 10.0. The number of rotatable bonds is 11. The summed E-state index contributed by atoms with van der Waals surface area (Å²) >= 11 is 4.03. The number of benzene rings is 2. The highest BCUT2D eigenvalue weighted by molar-refractivity contribution is 7.97. The molecule has 0 saturated carbocycles. The molecule has 3 aromatic rings. The van der Waals surface area contributed by atoms with Crippen LogP contribution >= 0.6 is 12.6 Å². The summed E-state index contributed by atoms with van der Waals surface area (Å²) in [5, 5.41) is -0.338. The zero-order chi connectivity index (χ0) is 26.3. The van der Waals surface area contributed by atoms with Crippen LogP contribution in [0.15, 0.2) is 53.4 Å². The fraction of sp³-hybridized carbons (Fsp3) is 0.320. The molecule has 0 bridgehead atoms. The van der Waals surface area contributed by atoms with E-state index in [1.54, 1.807) is 37.3 Å². The molecule has 2 N–H and O–H groups in total. The third-order valence-corrected chi connectivity index (χ3v) is 6.98. The quantitative estimate of drug-likeness (QED) is 0.194. The van der Waals surface area contributed by atoms with Gasteiger partial charge in [-0.2, -0.15) is 0 Å². The van der Waals surface area contributed by atoms with Crippen molar-refractivity contribution in [3.63, 3.8) is 0 Å². The minimum atomic E-state index is -4.16. The number of carbonyl (C=O) groups is 2. The lowest BCUT2D eigenvalue weighted by Crippen LogP contribution is -2.39. The summed E-state index contributed by atoms with van der Waals surface area (Å²) in [6.07, 6.45) is 2.28. The van der Waals surface area contributed by atoms with Crippen LogP contribution in [0.4, 0.5) is 4.79 Å². The average Bonchev–Trinajstić information content (AvgIpc) is 3.14. The van der Waals surface area contributed by atoms with Crippen LogP contribution in [0.5, 0.6) is 0 Å². The lowest BCUT2D eigenvalue weighted by molar-refractivity contribution is 0.0636. The molecule has 0 saturated heterocycles. The predicted molar refractivity (Wildman–Crippen MR) is 140 cm³/mol. The van der Waals surface area contributed by atoms with Gasteiger partial charge in [0.25, 0.3) is 10.0 Å². The molecule has 2 aromatic carbocycles.